The maximum Gasteiger partial charge on any atom is 0.211 e. The van der Waals surface area contributed by atoms with Gasteiger partial charge in [0.25, 0.3) is 0 Å². The second-order valence-corrected chi connectivity index (χ2v) is 6.71. The molecule has 2 aliphatic rings. The molecule has 1 aliphatic carbocycles. The van der Waals surface area contributed by atoms with Crippen LogP contribution >= 0.6 is 0 Å². The van der Waals surface area contributed by atoms with Gasteiger partial charge in [-0.25, -0.2) is 12.7 Å². The van der Waals surface area contributed by atoms with Crippen molar-refractivity contribution in [3.05, 3.63) is 0 Å². The average molecular weight is 232 g/mol. The molecule has 1 heterocycles. The van der Waals surface area contributed by atoms with Crippen LogP contribution in [0.5, 0.6) is 0 Å². The third kappa shape index (κ3) is 2.92. The van der Waals surface area contributed by atoms with Gasteiger partial charge in [-0.1, -0.05) is 6.42 Å². The predicted octanol–water partition coefficient (Wildman–Crippen LogP) is 0.552. The molecule has 1 saturated heterocycles. The van der Waals surface area contributed by atoms with Gasteiger partial charge in [-0.05, 0) is 25.7 Å². The number of nitrogens with one attached hydrogen (secondary N) is 1. The van der Waals surface area contributed by atoms with Crippen molar-refractivity contribution in [2.75, 3.05) is 19.3 Å². The number of nitrogens with zero attached hydrogens (tertiary/aromatic N) is 1. The zero-order chi connectivity index (χ0) is 10.9. The number of sulfonamides is 1. The number of hydrogen-bond acceptors (Lipinski definition) is 3. The summed E-state index contributed by atoms with van der Waals surface area (Å²) in [7, 11) is -2.96. The summed E-state index contributed by atoms with van der Waals surface area (Å²) in [6, 6.07) is 1.24. The van der Waals surface area contributed by atoms with Gasteiger partial charge in [0.05, 0.1) is 6.26 Å². The Morgan fingerprint density at radius 1 is 1.07 bits per heavy atom. The van der Waals surface area contributed by atoms with E-state index in [1.54, 1.807) is 4.31 Å². The van der Waals surface area contributed by atoms with Gasteiger partial charge in [0, 0.05) is 25.2 Å². The van der Waals surface area contributed by atoms with Crippen LogP contribution in [0.1, 0.15) is 32.1 Å². The fourth-order valence-corrected chi connectivity index (χ4v) is 3.14. The number of piperidine rings is 1. The molecule has 0 unspecified atom stereocenters. The Morgan fingerprint density at radius 2 is 1.60 bits per heavy atom. The molecule has 0 atom stereocenters. The molecule has 1 aliphatic heterocycles. The van der Waals surface area contributed by atoms with Gasteiger partial charge in [0.15, 0.2) is 0 Å². The van der Waals surface area contributed by atoms with Gasteiger partial charge in [-0.3, -0.25) is 0 Å². The summed E-state index contributed by atoms with van der Waals surface area (Å²) >= 11 is 0. The van der Waals surface area contributed by atoms with E-state index in [1.807, 2.05) is 0 Å². The topological polar surface area (TPSA) is 49.4 Å². The van der Waals surface area contributed by atoms with Crippen LogP contribution in [0.15, 0.2) is 0 Å². The number of hydrogen-bond donors (Lipinski definition) is 1. The lowest BCUT2D eigenvalue weighted by molar-refractivity contribution is 0.237. The van der Waals surface area contributed by atoms with Crippen LogP contribution in [-0.2, 0) is 10.0 Å². The second kappa shape index (κ2) is 4.39. The second-order valence-electron chi connectivity index (χ2n) is 4.73. The van der Waals surface area contributed by atoms with Crippen LogP contribution in [0, 0.1) is 0 Å². The third-order valence-corrected chi connectivity index (χ3v) is 4.80. The Bertz CT molecular complexity index is 303. The number of rotatable bonds is 3. The Morgan fingerprint density at radius 3 is 2.00 bits per heavy atom. The molecule has 0 bridgehead atoms. The molecule has 0 spiro atoms. The molecular weight excluding hydrogens is 212 g/mol. The first-order valence-corrected chi connectivity index (χ1v) is 7.62. The lowest BCUT2D eigenvalue weighted by atomic mass is 9.91. The molecular formula is C10H20N2O2S. The van der Waals surface area contributed by atoms with E-state index in [0.717, 1.165) is 12.8 Å². The van der Waals surface area contributed by atoms with Gasteiger partial charge >= 0.3 is 0 Å². The molecule has 15 heavy (non-hydrogen) atoms. The molecule has 5 heteroatoms. The van der Waals surface area contributed by atoms with E-state index < -0.39 is 10.0 Å². The summed E-state index contributed by atoms with van der Waals surface area (Å²) in [6.07, 6.45) is 7.16. The first-order chi connectivity index (χ1) is 7.05. The van der Waals surface area contributed by atoms with Crippen LogP contribution < -0.4 is 5.32 Å². The minimum absolute atomic E-state index is 0.535. The molecule has 0 radical (unpaired) electrons. The Balaban J connectivity index is 1.76. The van der Waals surface area contributed by atoms with Gasteiger partial charge in [0.1, 0.15) is 0 Å². The van der Waals surface area contributed by atoms with Gasteiger partial charge < -0.3 is 5.32 Å². The monoisotopic (exact) mass is 232 g/mol. The molecule has 0 amide bonds. The van der Waals surface area contributed by atoms with Crippen molar-refractivity contribution < 1.29 is 8.42 Å². The summed E-state index contributed by atoms with van der Waals surface area (Å²) in [4.78, 5) is 0. The van der Waals surface area contributed by atoms with Crippen molar-refractivity contribution in [1.82, 2.24) is 9.62 Å². The van der Waals surface area contributed by atoms with Gasteiger partial charge in [-0.2, -0.15) is 0 Å². The van der Waals surface area contributed by atoms with E-state index in [1.165, 1.54) is 25.5 Å². The molecule has 0 aromatic carbocycles. The van der Waals surface area contributed by atoms with E-state index in [4.69, 9.17) is 0 Å². The van der Waals surface area contributed by atoms with E-state index >= 15 is 0 Å². The first kappa shape index (κ1) is 11.4. The van der Waals surface area contributed by atoms with Crippen LogP contribution in [0.3, 0.4) is 0 Å². The van der Waals surface area contributed by atoms with E-state index in [2.05, 4.69) is 5.32 Å². The fraction of sp³-hybridized carbons (Fsp3) is 1.00. The maximum absolute atomic E-state index is 11.3. The Labute approximate surface area is 92.1 Å². The molecule has 1 N–H and O–H groups in total. The molecule has 2 rings (SSSR count). The quantitative estimate of drug-likeness (QED) is 0.773. The Kier molecular flexibility index (Phi) is 3.33. The summed E-state index contributed by atoms with van der Waals surface area (Å²) in [5.74, 6) is 0. The minimum atomic E-state index is -2.96. The van der Waals surface area contributed by atoms with Crippen LogP contribution in [0.4, 0.5) is 0 Å². The first-order valence-electron chi connectivity index (χ1n) is 5.77. The lowest BCUT2D eigenvalue weighted by Crippen LogP contribution is -2.49. The van der Waals surface area contributed by atoms with E-state index in [-0.39, 0.29) is 0 Å². The fourth-order valence-electron chi connectivity index (χ4n) is 2.26. The largest absolute Gasteiger partial charge is 0.311 e. The minimum Gasteiger partial charge on any atom is -0.311 e. The van der Waals surface area contributed by atoms with Crippen molar-refractivity contribution in [2.24, 2.45) is 0 Å². The average Bonchev–Trinajstić information content (AvgIpc) is 2.11. The highest BCUT2D eigenvalue weighted by molar-refractivity contribution is 7.88. The Hall–Kier alpha value is -0.130. The SMILES string of the molecule is CS(=O)(=O)N1CCC(NC2CCC2)CC1. The zero-order valence-electron chi connectivity index (χ0n) is 9.28. The van der Waals surface area contributed by atoms with E-state index in [0.29, 0.717) is 25.2 Å². The normalized spacial score (nSPS) is 26.5. The molecule has 0 aromatic rings. The van der Waals surface area contributed by atoms with Crippen molar-refractivity contribution in [3.63, 3.8) is 0 Å². The molecule has 1 saturated carbocycles. The van der Waals surface area contributed by atoms with Crippen LogP contribution in [0.2, 0.25) is 0 Å². The van der Waals surface area contributed by atoms with Crippen LogP contribution in [-0.4, -0.2) is 44.2 Å². The molecule has 4 nitrogen and oxygen atoms in total. The van der Waals surface area contributed by atoms with Crippen molar-refractivity contribution in [3.8, 4) is 0 Å². The molecule has 2 fully saturated rings. The zero-order valence-corrected chi connectivity index (χ0v) is 10.1. The summed E-state index contributed by atoms with van der Waals surface area (Å²) < 4.78 is 24.2. The van der Waals surface area contributed by atoms with Gasteiger partial charge in [-0.15, -0.1) is 0 Å². The summed E-state index contributed by atoms with van der Waals surface area (Å²) in [5.41, 5.74) is 0. The van der Waals surface area contributed by atoms with Crippen molar-refractivity contribution >= 4 is 10.0 Å². The standard InChI is InChI=1S/C10H20N2O2S/c1-15(13,14)12-7-5-10(6-8-12)11-9-3-2-4-9/h9-11H,2-8H2,1H3. The highest BCUT2D eigenvalue weighted by Gasteiger charge is 2.27. The van der Waals surface area contributed by atoms with Crippen molar-refractivity contribution in [2.45, 2.75) is 44.2 Å². The maximum atomic E-state index is 11.3. The highest BCUT2D eigenvalue weighted by atomic mass is 32.2. The highest BCUT2D eigenvalue weighted by Crippen LogP contribution is 2.21. The van der Waals surface area contributed by atoms with E-state index in [9.17, 15) is 8.42 Å². The molecule has 0 aromatic heterocycles. The van der Waals surface area contributed by atoms with Crippen LogP contribution in [0.25, 0.3) is 0 Å². The lowest BCUT2D eigenvalue weighted by Gasteiger charge is -2.36. The third-order valence-electron chi connectivity index (χ3n) is 3.50. The summed E-state index contributed by atoms with van der Waals surface area (Å²) in [6.45, 7) is 1.37. The molecule has 88 valence electrons. The summed E-state index contributed by atoms with van der Waals surface area (Å²) in [5, 5.41) is 3.61. The van der Waals surface area contributed by atoms with Gasteiger partial charge in [0.2, 0.25) is 10.0 Å². The predicted molar refractivity (Wildman–Crippen MR) is 60.2 cm³/mol. The van der Waals surface area contributed by atoms with Crippen molar-refractivity contribution in [1.29, 1.82) is 0 Å². The smallest absolute Gasteiger partial charge is 0.211 e.